The fourth-order valence-corrected chi connectivity index (χ4v) is 4.26. The van der Waals surface area contributed by atoms with Gasteiger partial charge in [-0.3, -0.25) is 9.10 Å². The Bertz CT molecular complexity index is 1180. The quantitative estimate of drug-likeness (QED) is 0.568. The summed E-state index contributed by atoms with van der Waals surface area (Å²) >= 11 is 0. The molecular formula is C21H24N4O5S. The highest BCUT2D eigenvalue weighted by Gasteiger charge is 2.29. The molecule has 3 rings (SSSR count). The van der Waals surface area contributed by atoms with Gasteiger partial charge in [-0.1, -0.05) is 29.4 Å². The molecule has 2 aromatic carbocycles. The van der Waals surface area contributed by atoms with Gasteiger partial charge >= 0.3 is 0 Å². The number of nitrogens with one attached hydrogen (secondary N) is 1. The molecule has 164 valence electrons. The van der Waals surface area contributed by atoms with E-state index in [1.165, 1.54) is 6.92 Å². The fraction of sp³-hybridized carbons (Fsp3) is 0.286. The monoisotopic (exact) mass is 444 g/mol. The van der Waals surface area contributed by atoms with Gasteiger partial charge in [0.1, 0.15) is 11.8 Å². The number of amides is 1. The van der Waals surface area contributed by atoms with E-state index in [0.717, 1.165) is 16.1 Å². The minimum atomic E-state index is -3.69. The second kappa shape index (κ2) is 9.17. The molecule has 1 heterocycles. The van der Waals surface area contributed by atoms with Gasteiger partial charge in [0.05, 0.1) is 25.6 Å². The Balaban J connectivity index is 1.71. The third kappa shape index (κ3) is 5.40. The molecular weight excluding hydrogens is 420 g/mol. The van der Waals surface area contributed by atoms with Gasteiger partial charge in [-0.2, -0.15) is 4.98 Å². The molecule has 1 amide bonds. The third-order valence-electron chi connectivity index (χ3n) is 4.55. The number of aromatic nitrogens is 2. The molecule has 0 aliphatic carbocycles. The van der Waals surface area contributed by atoms with Crippen molar-refractivity contribution in [2.45, 2.75) is 26.4 Å². The first-order valence-electron chi connectivity index (χ1n) is 9.50. The molecule has 1 N–H and O–H groups in total. The average molecular weight is 445 g/mol. The van der Waals surface area contributed by atoms with Crippen molar-refractivity contribution in [2.75, 3.05) is 17.7 Å². The van der Waals surface area contributed by atoms with Crippen molar-refractivity contribution in [1.29, 1.82) is 0 Å². The normalized spacial score (nSPS) is 12.3. The van der Waals surface area contributed by atoms with Crippen LogP contribution in [0.3, 0.4) is 0 Å². The topological polar surface area (TPSA) is 115 Å². The number of benzene rings is 2. The van der Waals surface area contributed by atoms with Crippen molar-refractivity contribution >= 4 is 21.6 Å². The first-order valence-corrected chi connectivity index (χ1v) is 11.3. The second-order valence-electron chi connectivity index (χ2n) is 7.04. The lowest BCUT2D eigenvalue weighted by atomic mass is 10.2. The molecule has 0 spiro atoms. The first kappa shape index (κ1) is 22.3. The number of nitrogens with zero attached hydrogens (tertiary/aromatic N) is 3. The van der Waals surface area contributed by atoms with E-state index < -0.39 is 22.0 Å². The zero-order valence-corrected chi connectivity index (χ0v) is 18.5. The van der Waals surface area contributed by atoms with E-state index in [-0.39, 0.29) is 12.4 Å². The molecule has 0 fully saturated rings. The van der Waals surface area contributed by atoms with Crippen LogP contribution in [-0.2, 0) is 21.4 Å². The molecule has 3 aromatic rings. The Kier molecular flexibility index (Phi) is 6.59. The predicted octanol–water partition coefficient (Wildman–Crippen LogP) is 2.52. The van der Waals surface area contributed by atoms with E-state index in [9.17, 15) is 13.2 Å². The van der Waals surface area contributed by atoms with Crippen LogP contribution in [0.15, 0.2) is 53.1 Å². The lowest BCUT2D eigenvalue weighted by Gasteiger charge is -2.28. The van der Waals surface area contributed by atoms with Gasteiger partial charge in [-0.05, 0) is 43.7 Å². The summed E-state index contributed by atoms with van der Waals surface area (Å²) in [6.45, 7) is 3.34. The number of ether oxygens (including phenoxy) is 1. The lowest BCUT2D eigenvalue weighted by molar-refractivity contribution is -0.122. The highest BCUT2D eigenvalue weighted by Crippen LogP contribution is 2.23. The Morgan fingerprint density at radius 3 is 2.65 bits per heavy atom. The van der Waals surface area contributed by atoms with E-state index in [2.05, 4.69) is 15.5 Å². The van der Waals surface area contributed by atoms with Crippen molar-refractivity contribution < 1.29 is 22.5 Å². The lowest BCUT2D eigenvalue weighted by Crippen LogP contribution is -2.47. The largest absolute Gasteiger partial charge is 0.497 e. The third-order valence-corrected chi connectivity index (χ3v) is 5.80. The summed E-state index contributed by atoms with van der Waals surface area (Å²) in [5.41, 5.74) is 2.01. The van der Waals surface area contributed by atoms with Gasteiger partial charge in [-0.15, -0.1) is 0 Å². The van der Waals surface area contributed by atoms with E-state index in [1.54, 1.807) is 43.5 Å². The summed E-state index contributed by atoms with van der Waals surface area (Å²) in [5, 5.41) is 6.57. The maximum Gasteiger partial charge on any atom is 0.246 e. The number of hydrogen-bond donors (Lipinski definition) is 1. The molecule has 31 heavy (non-hydrogen) atoms. The maximum absolute atomic E-state index is 12.7. The van der Waals surface area contributed by atoms with Gasteiger partial charge in [0.2, 0.25) is 27.6 Å². The molecule has 0 bridgehead atoms. The van der Waals surface area contributed by atoms with Crippen molar-refractivity contribution in [2.24, 2.45) is 0 Å². The summed E-state index contributed by atoms with van der Waals surface area (Å²) in [7, 11) is -2.13. The number of rotatable bonds is 8. The number of methoxy groups -OCH3 is 1. The Morgan fingerprint density at radius 2 is 1.97 bits per heavy atom. The van der Waals surface area contributed by atoms with Gasteiger partial charge in [0.25, 0.3) is 0 Å². The minimum Gasteiger partial charge on any atom is -0.497 e. The molecule has 1 atom stereocenters. The van der Waals surface area contributed by atoms with Crippen molar-refractivity contribution in [3.63, 3.8) is 0 Å². The van der Waals surface area contributed by atoms with Crippen LogP contribution in [0.1, 0.15) is 18.4 Å². The second-order valence-corrected chi connectivity index (χ2v) is 8.89. The molecule has 1 aromatic heterocycles. The summed E-state index contributed by atoms with van der Waals surface area (Å²) < 4.78 is 36.2. The van der Waals surface area contributed by atoms with Crippen LogP contribution in [0.2, 0.25) is 0 Å². The van der Waals surface area contributed by atoms with Crippen LogP contribution in [0.25, 0.3) is 11.4 Å². The van der Waals surface area contributed by atoms with Gasteiger partial charge < -0.3 is 14.6 Å². The van der Waals surface area contributed by atoms with E-state index in [4.69, 9.17) is 9.26 Å². The van der Waals surface area contributed by atoms with Gasteiger partial charge in [0.15, 0.2) is 0 Å². The van der Waals surface area contributed by atoms with Crippen LogP contribution in [0.4, 0.5) is 5.69 Å². The van der Waals surface area contributed by atoms with Crippen LogP contribution >= 0.6 is 0 Å². The standard InChI is InChI=1S/C21H24N4O5S/c1-14-7-5-9-17(11-14)25(31(4,27)28)15(2)21(26)22-13-19-23-20(24-30-19)16-8-6-10-18(12-16)29-3/h5-12,15H,13H2,1-4H3,(H,22,26)/t15-/m0/s1. The first-order chi connectivity index (χ1) is 14.7. The molecule has 9 nitrogen and oxygen atoms in total. The SMILES string of the molecule is COc1cccc(-c2noc(CNC(=O)[C@H](C)N(c3cccc(C)c3)S(C)(=O)=O)n2)c1. The smallest absolute Gasteiger partial charge is 0.246 e. The number of carbonyl (C=O) groups is 1. The van der Waals surface area contributed by atoms with Crippen molar-refractivity contribution in [3.8, 4) is 17.1 Å². The van der Waals surface area contributed by atoms with E-state index in [1.807, 2.05) is 19.1 Å². The van der Waals surface area contributed by atoms with Crippen LogP contribution < -0.4 is 14.4 Å². The number of aryl methyl sites for hydroxylation is 1. The van der Waals surface area contributed by atoms with Crippen LogP contribution in [0, 0.1) is 6.92 Å². The summed E-state index contributed by atoms with van der Waals surface area (Å²) in [6, 6.07) is 13.2. The van der Waals surface area contributed by atoms with E-state index >= 15 is 0 Å². The molecule has 0 aliphatic heterocycles. The van der Waals surface area contributed by atoms with Gasteiger partial charge in [-0.25, -0.2) is 8.42 Å². The molecule has 0 saturated heterocycles. The predicted molar refractivity (Wildman–Crippen MR) is 116 cm³/mol. The zero-order valence-electron chi connectivity index (χ0n) is 17.7. The highest BCUT2D eigenvalue weighted by atomic mass is 32.2. The summed E-state index contributed by atoms with van der Waals surface area (Å²) in [5.74, 6) is 0.713. The maximum atomic E-state index is 12.7. The summed E-state index contributed by atoms with van der Waals surface area (Å²) in [6.07, 6.45) is 1.07. The van der Waals surface area contributed by atoms with Crippen LogP contribution in [-0.4, -0.2) is 43.9 Å². The Hall–Kier alpha value is -3.40. The Labute approximate surface area is 181 Å². The summed E-state index contributed by atoms with van der Waals surface area (Å²) in [4.78, 5) is 17.0. The van der Waals surface area contributed by atoms with Crippen molar-refractivity contribution in [3.05, 3.63) is 60.0 Å². The Morgan fingerprint density at radius 1 is 1.23 bits per heavy atom. The highest BCUT2D eigenvalue weighted by molar-refractivity contribution is 7.92. The van der Waals surface area contributed by atoms with E-state index in [0.29, 0.717) is 22.8 Å². The van der Waals surface area contributed by atoms with Crippen LogP contribution in [0.5, 0.6) is 5.75 Å². The molecule has 10 heteroatoms. The molecule has 0 unspecified atom stereocenters. The minimum absolute atomic E-state index is 0.0361. The zero-order chi connectivity index (χ0) is 22.6. The number of hydrogen-bond acceptors (Lipinski definition) is 7. The van der Waals surface area contributed by atoms with Crippen molar-refractivity contribution in [1.82, 2.24) is 15.5 Å². The molecule has 0 aliphatic rings. The average Bonchev–Trinajstić information content (AvgIpc) is 3.20. The molecule has 0 radical (unpaired) electrons. The molecule has 0 saturated carbocycles. The van der Waals surface area contributed by atoms with Gasteiger partial charge in [0, 0.05) is 5.56 Å². The number of sulfonamides is 1. The number of anilines is 1. The fourth-order valence-electron chi connectivity index (χ4n) is 3.09. The number of carbonyl (C=O) groups excluding carboxylic acids is 1.